The van der Waals surface area contributed by atoms with Gasteiger partial charge < -0.3 is 59.6 Å². The van der Waals surface area contributed by atoms with Crippen molar-refractivity contribution in [2.75, 3.05) is 19.8 Å². The minimum Gasteiger partial charge on any atom is -0.726 e. The van der Waals surface area contributed by atoms with Crippen molar-refractivity contribution in [1.82, 2.24) is 0 Å². The third-order valence-corrected chi connectivity index (χ3v) is 7.16. The number of aliphatic hydroxyl groups excluding tert-OH is 8. The largest absolute Gasteiger partial charge is 1.00 e. The smallest absolute Gasteiger partial charge is 0.726 e. The maximum absolute atomic E-state index is 10.1. The summed E-state index contributed by atoms with van der Waals surface area (Å²) in [6.45, 7) is 0.898. The average Bonchev–Trinajstić information content (AvgIpc) is 2.91. The first-order chi connectivity index (χ1) is 18.9. The Labute approximate surface area is 263 Å². The van der Waals surface area contributed by atoms with Crippen molar-refractivity contribution in [2.24, 2.45) is 0 Å². The Kier molecular flexibility index (Phi) is 22.2. The molecular formula is C24H47NaO15S. The zero-order valence-electron chi connectivity index (χ0n) is 23.8. The maximum atomic E-state index is 10.1. The van der Waals surface area contributed by atoms with E-state index in [1.54, 1.807) is 0 Å². The third kappa shape index (κ3) is 15.3. The van der Waals surface area contributed by atoms with Crippen molar-refractivity contribution >= 4 is 10.4 Å². The van der Waals surface area contributed by atoms with Gasteiger partial charge in [-0.15, -0.1) is 0 Å². The van der Waals surface area contributed by atoms with Gasteiger partial charge in [-0.05, 0) is 6.42 Å². The minimum absolute atomic E-state index is 0. The van der Waals surface area contributed by atoms with Crippen LogP contribution < -0.4 is 29.6 Å². The van der Waals surface area contributed by atoms with Crippen LogP contribution in [0.4, 0.5) is 0 Å². The number of hydrogen-bond acceptors (Lipinski definition) is 15. The summed E-state index contributed by atoms with van der Waals surface area (Å²) in [6.07, 6.45) is -3.87. The fourth-order valence-electron chi connectivity index (χ4n) is 4.32. The van der Waals surface area contributed by atoms with Crippen LogP contribution in [0.25, 0.3) is 0 Å². The van der Waals surface area contributed by atoms with Crippen LogP contribution in [0.1, 0.15) is 71.1 Å². The van der Waals surface area contributed by atoms with Crippen LogP contribution in [0.2, 0.25) is 0 Å². The zero-order valence-corrected chi connectivity index (χ0v) is 26.6. The molecule has 8 N–H and O–H groups in total. The van der Waals surface area contributed by atoms with Crippen LogP contribution in [0.5, 0.6) is 0 Å². The molecule has 15 nitrogen and oxygen atoms in total. The number of ether oxygens (including phenoxy) is 3. The molecule has 0 amide bonds. The van der Waals surface area contributed by atoms with E-state index in [-0.39, 0.29) is 36.2 Å². The van der Waals surface area contributed by atoms with E-state index in [4.69, 9.17) is 19.3 Å². The van der Waals surface area contributed by atoms with E-state index in [0.717, 1.165) is 12.8 Å². The van der Waals surface area contributed by atoms with Gasteiger partial charge in [0.05, 0.1) is 19.8 Å². The molecular weight excluding hydrogens is 583 g/mol. The van der Waals surface area contributed by atoms with Gasteiger partial charge in [0.1, 0.15) is 48.8 Å². The van der Waals surface area contributed by atoms with Gasteiger partial charge in [-0.3, -0.25) is 4.18 Å². The van der Waals surface area contributed by atoms with E-state index < -0.39 is 85.0 Å². The van der Waals surface area contributed by atoms with E-state index >= 15 is 0 Å². The maximum Gasteiger partial charge on any atom is 1.00 e. The molecule has 2 saturated heterocycles. The van der Waals surface area contributed by atoms with Crippen molar-refractivity contribution in [2.45, 2.75) is 133 Å². The summed E-state index contributed by atoms with van der Waals surface area (Å²) < 4.78 is 49.7. The first-order valence-electron chi connectivity index (χ1n) is 13.7. The van der Waals surface area contributed by atoms with E-state index in [2.05, 4.69) is 11.1 Å². The van der Waals surface area contributed by atoms with Crippen molar-refractivity contribution in [3.8, 4) is 0 Å². The van der Waals surface area contributed by atoms with Crippen LogP contribution in [0.3, 0.4) is 0 Å². The summed E-state index contributed by atoms with van der Waals surface area (Å²) in [4.78, 5) is 0. The molecule has 10 atom stereocenters. The van der Waals surface area contributed by atoms with Gasteiger partial charge in [-0.25, -0.2) is 8.42 Å². The van der Waals surface area contributed by atoms with Crippen LogP contribution in [-0.2, 0) is 28.8 Å². The summed E-state index contributed by atoms with van der Waals surface area (Å²) in [6, 6.07) is 0. The molecule has 0 radical (unpaired) electrons. The van der Waals surface area contributed by atoms with Crippen molar-refractivity contribution in [1.29, 1.82) is 0 Å². The van der Waals surface area contributed by atoms with Gasteiger partial charge in [0, 0.05) is 0 Å². The van der Waals surface area contributed by atoms with Crippen LogP contribution in [0, 0.1) is 0 Å². The number of unbranched alkanes of at least 4 members (excludes halogenated alkanes) is 9. The molecule has 2 aliphatic rings. The van der Waals surface area contributed by atoms with Crippen LogP contribution in [0.15, 0.2) is 0 Å². The van der Waals surface area contributed by atoms with Gasteiger partial charge in [-0.2, -0.15) is 0 Å². The standard InChI is InChI=1S/C12H22O11.C12H26O4S.Na/c13-1-3-5(15)6(16)9(19)12(22-3)23-10-4(2-14)21-11(20)8(18)7(10)17;1-2-3-4-5-6-7-8-9-10-11-12-16-17(13,14)15;/h3-20H,1-2H2;2-12H2,1H3,(H,13,14,15);/q;;+1/p-1/t3-,4-,5+,6+,7-,8-,9-,10-,11?,12+;;/m1../s1. The van der Waals surface area contributed by atoms with E-state index in [1.165, 1.54) is 44.9 Å². The number of aliphatic hydroxyl groups is 8. The van der Waals surface area contributed by atoms with Gasteiger partial charge in [0.2, 0.25) is 10.4 Å². The van der Waals surface area contributed by atoms with Crippen molar-refractivity contribution in [3.63, 3.8) is 0 Å². The normalized spacial score (nSPS) is 33.9. The van der Waals surface area contributed by atoms with Crippen molar-refractivity contribution in [3.05, 3.63) is 0 Å². The summed E-state index contributed by atoms with van der Waals surface area (Å²) in [7, 11) is -4.48. The molecule has 0 aliphatic carbocycles. The second-order valence-electron chi connectivity index (χ2n) is 9.94. The Morgan fingerprint density at radius 1 is 0.683 bits per heavy atom. The van der Waals surface area contributed by atoms with E-state index in [9.17, 15) is 48.7 Å². The quantitative estimate of drug-likeness (QED) is 0.0344. The molecule has 240 valence electrons. The molecule has 2 heterocycles. The second-order valence-corrected chi connectivity index (χ2v) is 11.0. The second kappa shape index (κ2) is 22.0. The Hall–Kier alpha value is 0.430. The molecule has 0 bridgehead atoms. The molecule has 0 aromatic heterocycles. The summed E-state index contributed by atoms with van der Waals surface area (Å²) in [5, 5.41) is 76.5. The molecule has 2 fully saturated rings. The minimum atomic E-state index is -4.48. The van der Waals surface area contributed by atoms with E-state index in [0.29, 0.717) is 6.42 Å². The fourth-order valence-corrected chi connectivity index (χ4v) is 4.64. The predicted molar refractivity (Wildman–Crippen MR) is 136 cm³/mol. The summed E-state index contributed by atoms with van der Waals surface area (Å²) >= 11 is 0. The van der Waals surface area contributed by atoms with Crippen LogP contribution in [-0.4, -0.2) is 135 Å². The molecule has 2 rings (SSSR count). The Balaban J connectivity index is 0.000000800. The van der Waals surface area contributed by atoms with E-state index in [1.807, 2.05) is 0 Å². The Bertz CT molecular complexity index is 759. The molecule has 0 saturated carbocycles. The topological polar surface area (TPSA) is 256 Å². The Morgan fingerprint density at radius 3 is 1.68 bits per heavy atom. The van der Waals surface area contributed by atoms with Crippen LogP contribution >= 0.6 is 0 Å². The summed E-state index contributed by atoms with van der Waals surface area (Å²) in [5.41, 5.74) is 0. The third-order valence-electron chi connectivity index (χ3n) is 6.70. The molecule has 0 spiro atoms. The van der Waals surface area contributed by atoms with Gasteiger partial charge in [-0.1, -0.05) is 64.7 Å². The molecule has 1 unspecified atom stereocenters. The monoisotopic (exact) mass is 630 g/mol. The molecule has 2 aliphatic heterocycles. The molecule has 0 aromatic carbocycles. The van der Waals surface area contributed by atoms with Gasteiger partial charge in [0.25, 0.3) is 0 Å². The van der Waals surface area contributed by atoms with Crippen molar-refractivity contribution < 1.29 is 102 Å². The Morgan fingerprint density at radius 2 is 1.20 bits per heavy atom. The predicted octanol–water partition coefficient (Wildman–Crippen LogP) is -5.01. The SMILES string of the molecule is CCCCCCCCCCCCOS(=O)(=O)[O-].OC[C@H]1O[C@@H](O[C@H]2[C@H](O)[C@@H](O)C(O)O[C@@H]2CO)[C@H](O)[C@@H](O)[C@H]1O.[Na+]. The van der Waals surface area contributed by atoms with Gasteiger partial charge >= 0.3 is 29.6 Å². The fraction of sp³-hybridized carbons (Fsp3) is 1.00. The molecule has 0 aromatic rings. The summed E-state index contributed by atoms with van der Waals surface area (Å²) in [5.74, 6) is 0. The molecule has 41 heavy (non-hydrogen) atoms. The molecule has 17 heteroatoms. The number of rotatable bonds is 16. The average molecular weight is 631 g/mol. The zero-order chi connectivity index (χ0) is 30.3. The first-order valence-corrected chi connectivity index (χ1v) is 15.1. The van der Waals surface area contributed by atoms with Gasteiger partial charge in [0.15, 0.2) is 12.6 Å². The number of hydrogen-bond donors (Lipinski definition) is 8. The first kappa shape index (κ1) is 41.4.